The van der Waals surface area contributed by atoms with E-state index in [-0.39, 0.29) is 85.5 Å². The van der Waals surface area contributed by atoms with Gasteiger partial charge in [0.05, 0.1) is 4.88 Å². The highest BCUT2D eigenvalue weighted by atomic mass is 32.1. The number of primary amides is 1. The third-order valence-corrected chi connectivity index (χ3v) is 18.5. The summed E-state index contributed by atoms with van der Waals surface area (Å²) in [4.78, 5) is 147. The van der Waals surface area contributed by atoms with Crippen LogP contribution in [0.2, 0.25) is 0 Å². The van der Waals surface area contributed by atoms with E-state index < -0.39 is 90.5 Å². The van der Waals surface area contributed by atoms with Gasteiger partial charge in [0.25, 0.3) is 11.8 Å². The highest BCUT2D eigenvalue weighted by Crippen LogP contribution is 2.59. The predicted molar refractivity (Wildman–Crippen MR) is 300 cm³/mol. The number of nitrogens with two attached hydrogens (primary N) is 1. The second-order valence-electron chi connectivity index (χ2n) is 22.0. The first-order valence-corrected chi connectivity index (χ1v) is 30.3. The first-order chi connectivity index (χ1) is 39.6. The van der Waals surface area contributed by atoms with Gasteiger partial charge in [0.15, 0.2) is 0 Å². The molecule has 4 aromatic rings. The number of hydrogen-bond donors (Lipinski definition) is 7. The van der Waals surface area contributed by atoms with Gasteiger partial charge in [-0.3, -0.25) is 53.0 Å². The molecule has 8 N–H and O–H groups in total. The van der Waals surface area contributed by atoms with Crippen LogP contribution in [0.1, 0.15) is 119 Å². The van der Waals surface area contributed by atoms with Gasteiger partial charge in [0.1, 0.15) is 30.2 Å². The fourth-order valence-electron chi connectivity index (χ4n) is 11.7. The van der Waals surface area contributed by atoms with Crippen LogP contribution in [-0.2, 0) is 56.8 Å². The monoisotopic (exact) mass is 1180 g/mol. The molecule has 5 aliphatic rings. The van der Waals surface area contributed by atoms with Crippen molar-refractivity contribution in [3.05, 3.63) is 105 Å². The zero-order valence-electron chi connectivity index (χ0n) is 45.7. The lowest BCUT2D eigenvalue weighted by Gasteiger charge is -2.38. The summed E-state index contributed by atoms with van der Waals surface area (Å²) in [6, 6.07) is 13.2. The van der Waals surface area contributed by atoms with Crippen molar-refractivity contribution >= 4 is 82.2 Å². The molecule has 0 spiro atoms. The Morgan fingerprint density at radius 2 is 1.65 bits per heavy atom. The van der Waals surface area contributed by atoms with E-state index in [9.17, 15) is 66.3 Å². The van der Waals surface area contributed by atoms with Crippen LogP contribution >= 0.6 is 18.9 Å². The maximum absolute atomic E-state index is 14.6. The number of halogens is 2. The molecule has 9 amide bonds. The number of carbonyl (C=O) groups excluding carboxylic acids is 9. The Labute approximate surface area is 481 Å². The lowest BCUT2D eigenvalue weighted by atomic mass is 9.91. The molecule has 4 fully saturated rings. The van der Waals surface area contributed by atoms with Crippen molar-refractivity contribution in [2.75, 3.05) is 33.2 Å². The van der Waals surface area contributed by atoms with Crippen molar-refractivity contribution in [1.29, 1.82) is 0 Å². The summed E-state index contributed by atoms with van der Waals surface area (Å²) in [6.07, 6.45) is 4.33. The number of amides is 9. The van der Waals surface area contributed by atoms with E-state index in [1.54, 1.807) is 24.1 Å². The molecule has 25 heteroatoms. The van der Waals surface area contributed by atoms with Crippen molar-refractivity contribution in [1.82, 2.24) is 40.9 Å². The molecule has 83 heavy (non-hydrogen) atoms. The number of hydrogen-bond acceptors (Lipinski definition) is 12. The number of rotatable bonds is 18. The Hall–Kier alpha value is -7.42. The van der Waals surface area contributed by atoms with Crippen LogP contribution in [0, 0.1) is 17.8 Å². The summed E-state index contributed by atoms with van der Waals surface area (Å²) in [5.74, 6) is 1.87. The lowest BCUT2D eigenvalue weighted by molar-refractivity contribution is -0.144. The molecule has 6 atom stereocenters. The SMILES string of the molecule is CN1CC[C@H]2CC[C@@H](C(=O)N[C@@H](CCC(N)=O)C(=O)N[C@@H](CCc3ccccc3)C(=O)N3CCC(CCC#Cc4cccc5c4CN(C4CCC(=O)NC4=O)C5=O)CC3)N2C(=O)[C@@H](NC(=O)c2cc3cc(C(F)(F)P(=O)(O)O)ccc3s2)C1. The smallest absolute Gasteiger partial charge is 0.370 e. The zero-order chi connectivity index (χ0) is 59.3. The third kappa shape index (κ3) is 13.8. The second kappa shape index (κ2) is 25.6. The topological polar surface area (TPSA) is 298 Å². The van der Waals surface area contributed by atoms with Gasteiger partial charge in [0.2, 0.25) is 41.4 Å². The molecular formula is C58H66F2N9O12PS. The number of thiophene rings is 1. The number of carbonyl (C=O) groups is 9. The average Bonchev–Trinajstić information content (AvgIpc) is 4.40. The lowest BCUT2D eigenvalue weighted by Crippen LogP contribution is -2.61. The third-order valence-electron chi connectivity index (χ3n) is 16.4. The van der Waals surface area contributed by atoms with Crippen molar-refractivity contribution < 1.29 is 66.3 Å². The second-order valence-corrected chi connectivity index (χ2v) is 24.7. The quantitative estimate of drug-likeness (QED) is 0.0426. The Morgan fingerprint density at radius 3 is 2.37 bits per heavy atom. The van der Waals surface area contributed by atoms with Gasteiger partial charge in [-0.1, -0.05) is 54.3 Å². The molecule has 0 aliphatic carbocycles. The number of nitrogens with zero attached hydrogens (tertiary/aromatic N) is 4. The van der Waals surface area contributed by atoms with Gasteiger partial charge in [0, 0.05) is 72.9 Å². The molecule has 21 nitrogen and oxygen atoms in total. The maximum Gasteiger partial charge on any atom is 0.399 e. The predicted octanol–water partition coefficient (Wildman–Crippen LogP) is 3.62. The number of imide groups is 1. The number of fused-ring (bicyclic) bond motifs is 3. The number of piperidine rings is 2. The van der Waals surface area contributed by atoms with Gasteiger partial charge >= 0.3 is 13.3 Å². The molecule has 1 aromatic heterocycles. The highest BCUT2D eigenvalue weighted by Gasteiger charge is 2.51. The largest absolute Gasteiger partial charge is 0.399 e. The normalized spacial score (nSPS) is 21.4. The molecule has 5 aliphatic heterocycles. The van der Waals surface area contributed by atoms with Crippen molar-refractivity contribution in [2.45, 2.75) is 132 Å². The molecule has 440 valence electrons. The molecule has 0 radical (unpaired) electrons. The summed E-state index contributed by atoms with van der Waals surface area (Å²) >= 11 is 0.924. The van der Waals surface area contributed by atoms with Gasteiger partial charge in [-0.25, -0.2) is 0 Å². The van der Waals surface area contributed by atoms with Crippen LogP contribution in [0.15, 0.2) is 72.8 Å². The Kier molecular flexibility index (Phi) is 18.6. The summed E-state index contributed by atoms with van der Waals surface area (Å²) in [5.41, 5.74) is 3.01. The van der Waals surface area contributed by atoms with Crippen LogP contribution in [0.4, 0.5) is 8.78 Å². The summed E-state index contributed by atoms with van der Waals surface area (Å²) in [7, 11) is -4.09. The fraction of sp³-hybridized carbons (Fsp3) is 0.466. The highest BCUT2D eigenvalue weighted by molar-refractivity contribution is 7.52. The van der Waals surface area contributed by atoms with E-state index in [4.69, 9.17) is 5.73 Å². The standard InChI is InChI=1S/C58H66F2N9O12PS/c1-66-27-26-39-16-19-46(69(39)57(78)44(33-66)64-54(75)48-31-37-30-38(15-21-47(37)83-48)58(59,60)82(79,80)81)53(74)62-42(18-22-49(61)70)51(72)63-43(17-14-34-8-3-2-4-9-34)56(77)67-28-24-35(25-29-67)10-5-6-11-36-12-7-13-40-41(36)32-68(55(40)76)45-20-23-50(71)65-52(45)73/h2-4,7-9,12-13,15,21,30-31,35,39,42-46H,5,10,14,16-20,22-29,32-33H2,1H3,(H2,61,70)(H,62,74)(H,63,72)(H,64,75)(H,65,71,73)(H2,79,80,81)/t39-,42+,43+,44+,45?,46+/m1/s1. The fourth-order valence-corrected chi connectivity index (χ4v) is 13.2. The van der Waals surface area contributed by atoms with E-state index in [2.05, 4.69) is 33.1 Å². The number of likely N-dealkylation sites (N-methyl/N-ethyl adjacent to an activating group) is 1. The van der Waals surface area contributed by atoms with Crippen molar-refractivity contribution in [2.24, 2.45) is 11.7 Å². The van der Waals surface area contributed by atoms with E-state index in [0.29, 0.717) is 74.0 Å². The molecule has 3 aromatic carbocycles. The van der Waals surface area contributed by atoms with Gasteiger partial charge in [-0.05, 0) is 131 Å². The van der Waals surface area contributed by atoms with Crippen molar-refractivity contribution in [3.63, 3.8) is 0 Å². The molecule has 4 saturated heterocycles. The van der Waals surface area contributed by atoms with Gasteiger partial charge in [-0.15, -0.1) is 11.3 Å². The van der Waals surface area contributed by atoms with Crippen LogP contribution < -0.4 is 27.0 Å². The van der Waals surface area contributed by atoms with E-state index >= 15 is 0 Å². The summed E-state index contributed by atoms with van der Waals surface area (Å²) < 4.78 is 41.1. The number of likely N-dealkylation sites (tertiary alicyclic amines) is 1. The molecule has 6 heterocycles. The number of alkyl halides is 2. The number of aryl methyl sites for hydroxylation is 1. The van der Waals surface area contributed by atoms with Crippen LogP contribution in [0.5, 0.6) is 0 Å². The van der Waals surface area contributed by atoms with Crippen LogP contribution in [0.3, 0.4) is 0 Å². The summed E-state index contributed by atoms with van der Waals surface area (Å²) in [5, 5.41) is 10.9. The van der Waals surface area contributed by atoms with Crippen LogP contribution in [0.25, 0.3) is 10.1 Å². The average molecular weight is 1180 g/mol. The summed E-state index contributed by atoms with van der Waals surface area (Å²) in [6.45, 7) is 1.57. The minimum absolute atomic E-state index is 0.0327. The van der Waals surface area contributed by atoms with E-state index in [1.807, 2.05) is 41.3 Å². The van der Waals surface area contributed by atoms with E-state index in [1.165, 1.54) is 21.9 Å². The molecular weight excluding hydrogens is 1120 g/mol. The first-order valence-electron chi connectivity index (χ1n) is 27.8. The zero-order valence-corrected chi connectivity index (χ0v) is 47.4. The number of nitrogens with one attached hydrogen (secondary N) is 4. The first kappa shape index (κ1) is 60.2. The minimum atomic E-state index is -5.87. The van der Waals surface area contributed by atoms with Crippen LogP contribution in [-0.4, -0.2) is 152 Å². The minimum Gasteiger partial charge on any atom is -0.370 e. The molecule has 1 unspecified atom stereocenters. The van der Waals surface area contributed by atoms with Crippen molar-refractivity contribution in [3.8, 4) is 11.8 Å². The Bertz CT molecular complexity index is 3320. The Morgan fingerprint density at radius 1 is 0.892 bits per heavy atom. The maximum atomic E-state index is 14.6. The molecule has 0 bridgehead atoms. The number of benzene rings is 3. The Balaban J connectivity index is 0.835. The molecule has 0 saturated carbocycles. The van der Waals surface area contributed by atoms with E-state index in [0.717, 1.165) is 41.0 Å². The van der Waals surface area contributed by atoms with Gasteiger partial charge in [-0.2, -0.15) is 8.78 Å². The van der Waals surface area contributed by atoms with Gasteiger partial charge < -0.3 is 51.1 Å². The molecule has 9 rings (SSSR count).